The summed E-state index contributed by atoms with van der Waals surface area (Å²) in [5.74, 6) is 0.937. The number of benzene rings is 1. The predicted octanol–water partition coefficient (Wildman–Crippen LogP) is 3.84. The number of pyridine rings is 1. The molecular formula is C18H24N2O. The Hall–Kier alpha value is -1.61. The second-order valence-corrected chi connectivity index (χ2v) is 6.02. The van der Waals surface area contributed by atoms with Crippen LogP contribution in [0.2, 0.25) is 0 Å². The summed E-state index contributed by atoms with van der Waals surface area (Å²) in [7, 11) is 0. The Kier molecular flexibility index (Phi) is 4.11. The molecule has 1 N–H and O–H groups in total. The molecule has 1 aliphatic carbocycles. The highest BCUT2D eigenvalue weighted by Gasteiger charge is 2.39. The summed E-state index contributed by atoms with van der Waals surface area (Å²) in [5, 5.41) is 4.56. The first-order valence-corrected chi connectivity index (χ1v) is 7.99. The van der Waals surface area contributed by atoms with E-state index >= 15 is 0 Å². The summed E-state index contributed by atoms with van der Waals surface area (Å²) in [5.41, 5.74) is 2.04. The van der Waals surface area contributed by atoms with E-state index in [4.69, 9.17) is 4.74 Å². The number of nitrogens with zero attached hydrogens (tertiary/aromatic N) is 1. The Labute approximate surface area is 126 Å². The summed E-state index contributed by atoms with van der Waals surface area (Å²) >= 11 is 0. The summed E-state index contributed by atoms with van der Waals surface area (Å²) in [4.78, 5) is 4.67. The Morgan fingerprint density at radius 2 is 2.10 bits per heavy atom. The quantitative estimate of drug-likeness (QED) is 0.818. The van der Waals surface area contributed by atoms with Gasteiger partial charge in [0.05, 0.1) is 0 Å². The van der Waals surface area contributed by atoms with Gasteiger partial charge < -0.3 is 10.1 Å². The van der Waals surface area contributed by atoms with Crippen LogP contribution in [-0.2, 0) is 0 Å². The predicted molar refractivity (Wildman–Crippen MR) is 86.9 cm³/mol. The van der Waals surface area contributed by atoms with Crippen molar-refractivity contribution in [1.29, 1.82) is 0 Å². The van der Waals surface area contributed by atoms with Gasteiger partial charge in [-0.1, -0.05) is 25.1 Å². The average molecular weight is 284 g/mol. The van der Waals surface area contributed by atoms with Gasteiger partial charge in [-0.2, -0.15) is 0 Å². The zero-order valence-corrected chi connectivity index (χ0v) is 13.0. The average Bonchev–Trinajstić information content (AvgIpc) is 2.45. The second-order valence-electron chi connectivity index (χ2n) is 6.02. The van der Waals surface area contributed by atoms with Crippen LogP contribution in [0, 0.1) is 6.92 Å². The molecule has 3 rings (SSSR count). The van der Waals surface area contributed by atoms with Crippen LogP contribution >= 0.6 is 0 Å². The van der Waals surface area contributed by atoms with E-state index in [9.17, 15) is 0 Å². The molecule has 0 atom stereocenters. The summed E-state index contributed by atoms with van der Waals surface area (Å²) in [6.45, 7) is 6.21. The van der Waals surface area contributed by atoms with Crippen molar-refractivity contribution in [2.24, 2.45) is 0 Å². The lowest BCUT2D eigenvalue weighted by Crippen LogP contribution is -2.45. The van der Waals surface area contributed by atoms with E-state index in [0.29, 0.717) is 0 Å². The van der Waals surface area contributed by atoms with E-state index in [1.807, 2.05) is 6.92 Å². The lowest BCUT2D eigenvalue weighted by atomic mass is 9.77. The van der Waals surface area contributed by atoms with Crippen molar-refractivity contribution in [2.45, 2.75) is 45.1 Å². The fourth-order valence-corrected chi connectivity index (χ4v) is 3.00. The fourth-order valence-electron chi connectivity index (χ4n) is 3.00. The monoisotopic (exact) mass is 284 g/mol. The van der Waals surface area contributed by atoms with Crippen LogP contribution in [0.5, 0.6) is 5.75 Å². The molecule has 1 aliphatic rings. The minimum atomic E-state index is 0.0158. The van der Waals surface area contributed by atoms with E-state index in [1.165, 1.54) is 6.42 Å². The third-order valence-corrected chi connectivity index (χ3v) is 4.42. The first-order chi connectivity index (χ1) is 10.2. The number of fused-ring (bicyclic) bond motifs is 1. The van der Waals surface area contributed by atoms with Gasteiger partial charge in [0.1, 0.15) is 16.9 Å². The third kappa shape index (κ3) is 3.03. The number of aromatic nitrogens is 1. The minimum absolute atomic E-state index is 0.0158. The Morgan fingerprint density at radius 1 is 1.24 bits per heavy atom. The van der Waals surface area contributed by atoms with Gasteiger partial charge in [-0.15, -0.1) is 0 Å². The molecule has 1 saturated carbocycles. The SMILES string of the molecule is CCNCCC1(Oc2cccc3ccc(C)nc23)CCC1. The fraction of sp³-hybridized carbons (Fsp3) is 0.500. The maximum atomic E-state index is 6.45. The topological polar surface area (TPSA) is 34.1 Å². The smallest absolute Gasteiger partial charge is 0.146 e. The normalized spacial score (nSPS) is 16.7. The molecule has 112 valence electrons. The van der Waals surface area contributed by atoms with E-state index in [1.54, 1.807) is 0 Å². The van der Waals surface area contributed by atoms with E-state index < -0.39 is 0 Å². The maximum absolute atomic E-state index is 6.45. The number of hydrogen-bond donors (Lipinski definition) is 1. The molecule has 0 unspecified atom stereocenters. The summed E-state index contributed by atoms with van der Waals surface area (Å²) in [6.07, 6.45) is 4.65. The lowest BCUT2D eigenvalue weighted by molar-refractivity contribution is -0.0130. The number of para-hydroxylation sites is 1. The highest BCUT2D eigenvalue weighted by atomic mass is 16.5. The molecule has 2 aromatic rings. The molecule has 1 aromatic carbocycles. The minimum Gasteiger partial charge on any atom is -0.485 e. The van der Waals surface area contributed by atoms with Crippen LogP contribution in [0.1, 0.15) is 38.3 Å². The molecule has 3 nitrogen and oxygen atoms in total. The molecule has 3 heteroatoms. The van der Waals surface area contributed by atoms with Crippen LogP contribution < -0.4 is 10.1 Å². The standard InChI is InChI=1S/C18H24N2O/c1-3-19-13-12-18(10-5-11-18)21-16-7-4-6-15-9-8-14(2)20-17(15)16/h4,6-9,19H,3,5,10-13H2,1-2H3. The van der Waals surface area contributed by atoms with Gasteiger partial charge in [0, 0.05) is 11.1 Å². The second kappa shape index (κ2) is 6.02. The van der Waals surface area contributed by atoms with Gasteiger partial charge in [-0.3, -0.25) is 0 Å². The van der Waals surface area contributed by atoms with Gasteiger partial charge >= 0.3 is 0 Å². The van der Waals surface area contributed by atoms with Gasteiger partial charge in [-0.05, 0) is 57.8 Å². The largest absolute Gasteiger partial charge is 0.485 e. The van der Waals surface area contributed by atoms with Crippen LogP contribution in [0.4, 0.5) is 0 Å². The number of ether oxygens (including phenoxy) is 1. The van der Waals surface area contributed by atoms with E-state index in [-0.39, 0.29) is 5.60 Å². The molecule has 0 saturated heterocycles. The van der Waals surface area contributed by atoms with Crippen molar-refractivity contribution in [3.63, 3.8) is 0 Å². The molecule has 0 aliphatic heterocycles. The maximum Gasteiger partial charge on any atom is 0.146 e. The summed E-state index contributed by atoms with van der Waals surface area (Å²) < 4.78 is 6.45. The Bertz CT molecular complexity index is 620. The van der Waals surface area contributed by atoms with Crippen molar-refractivity contribution in [3.8, 4) is 5.75 Å². The van der Waals surface area contributed by atoms with Crippen LogP contribution in [0.15, 0.2) is 30.3 Å². The highest BCUT2D eigenvalue weighted by Crippen LogP contribution is 2.40. The number of rotatable bonds is 6. The van der Waals surface area contributed by atoms with Gasteiger partial charge in [0.25, 0.3) is 0 Å². The van der Waals surface area contributed by atoms with Crippen molar-refractivity contribution >= 4 is 10.9 Å². The molecule has 0 radical (unpaired) electrons. The van der Waals surface area contributed by atoms with Gasteiger partial charge in [0.2, 0.25) is 0 Å². The summed E-state index contributed by atoms with van der Waals surface area (Å²) in [6, 6.07) is 10.4. The third-order valence-electron chi connectivity index (χ3n) is 4.42. The lowest BCUT2D eigenvalue weighted by Gasteiger charge is -2.42. The first kappa shape index (κ1) is 14.3. The molecule has 1 fully saturated rings. The molecule has 1 aromatic heterocycles. The van der Waals surface area contributed by atoms with Crippen molar-refractivity contribution in [3.05, 3.63) is 36.0 Å². The number of nitrogens with one attached hydrogen (secondary N) is 1. The molecule has 0 spiro atoms. The van der Waals surface area contributed by atoms with Crippen molar-refractivity contribution < 1.29 is 4.74 Å². The first-order valence-electron chi connectivity index (χ1n) is 7.99. The van der Waals surface area contributed by atoms with Crippen molar-refractivity contribution in [2.75, 3.05) is 13.1 Å². The molecular weight excluding hydrogens is 260 g/mol. The van der Waals surface area contributed by atoms with Crippen LogP contribution in [0.3, 0.4) is 0 Å². The van der Waals surface area contributed by atoms with E-state index in [2.05, 4.69) is 47.6 Å². The van der Waals surface area contributed by atoms with Crippen LogP contribution in [-0.4, -0.2) is 23.7 Å². The zero-order valence-electron chi connectivity index (χ0n) is 13.0. The Balaban J connectivity index is 1.84. The van der Waals surface area contributed by atoms with Crippen LogP contribution in [0.25, 0.3) is 10.9 Å². The molecule has 1 heterocycles. The van der Waals surface area contributed by atoms with Gasteiger partial charge in [0.15, 0.2) is 0 Å². The molecule has 21 heavy (non-hydrogen) atoms. The molecule has 0 amide bonds. The van der Waals surface area contributed by atoms with Crippen molar-refractivity contribution in [1.82, 2.24) is 10.3 Å². The van der Waals surface area contributed by atoms with E-state index in [0.717, 1.165) is 54.7 Å². The number of hydrogen-bond acceptors (Lipinski definition) is 3. The molecule has 0 bridgehead atoms. The highest BCUT2D eigenvalue weighted by molar-refractivity contribution is 5.84. The number of aryl methyl sites for hydroxylation is 1. The van der Waals surface area contributed by atoms with Gasteiger partial charge in [-0.25, -0.2) is 4.98 Å². The Morgan fingerprint density at radius 3 is 2.81 bits per heavy atom. The zero-order chi connectivity index (χ0) is 14.7.